The highest BCUT2D eigenvalue weighted by Gasteiger charge is 2.25. The molecule has 0 bridgehead atoms. The quantitative estimate of drug-likeness (QED) is 0.924. The number of nitrogens with one attached hydrogen (secondary N) is 1. The van der Waals surface area contributed by atoms with E-state index < -0.39 is 0 Å². The van der Waals surface area contributed by atoms with Gasteiger partial charge in [-0.1, -0.05) is 6.07 Å². The number of hydrogen-bond donors (Lipinski definition) is 1. The van der Waals surface area contributed by atoms with Gasteiger partial charge in [-0.05, 0) is 40.7 Å². The number of halogens is 1. The van der Waals surface area contributed by atoms with Crippen molar-refractivity contribution >= 4 is 15.9 Å². The molecule has 1 N–H and O–H groups in total. The summed E-state index contributed by atoms with van der Waals surface area (Å²) < 4.78 is 17.4. The van der Waals surface area contributed by atoms with Crippen LogP contribution in [0.4, 0.5) is 0 Å². The first-order chi connectivity index (χ1) is 8.76. The standard InChI is InChI=1S/C13H18BrNO3/c1-15-13(12-8-17-5-6-18-12)9-3-4-11(16-2)10(14)7-9/h3-4,7,12-13,15H,5-6,8H2,1-2H3. The van der Waals surface area contributed by atoms with E-state index in [1.807, 2.05) is 19.2 Å². The molecule has 0 radical (unpaired) electrons. The first-order valence-electron chi connectivity index (χ1n) is 5.96. The highest BCUT2D eigenvalue weighted by atomic mass is 79.9. The SMILES string of the molecule is CNC(c1ccc(OC)c(Br)c1)C1COCCO1. The Balaban J connectivity index is 2.18. The van der Waals surface area contributed by atoms with Gasteiger partial charge >= 0.3 is 0 Å². The molecular weight excluding hydrogens is 298 g/mol. The van der Waals surface area contributed by atoms with Gasteiger partial charge < -0.3 is 19.5 Å². The zero-order chi connectivity index (χ0) is 13.0. The molecule has 2 unspecified atom stereocenters. The maximum absolute atomic E-state index is 5.75. The van der Waals surface area contributed by atoms with Crippen molar-refractivity contribution in [3.8, 4) is 5.75 Å². The van der Waals surface area contributed by atoms with Gasteiger partial charge in [-0.25, -0.2) is 0 Å². The third-order valence-corrected chi connectivity index (χ3v) is 3.68. The van der Waals surface area contributed by atoms with Gasteiger partial charge in [0.25, 0.3) is 0 Å². The third-order valence-electron chi connectivity index (χ3n) is 3.06. The fourth-order valence-electron chi connectivity index (χ4n) is 2.14. The first kappa shape index (κ1) is 13.8. The summed E-state index contributed by atoms with van der Waals surface area (Å²) in [7, 11) is 3.59. The summed E-state index contributed by atoms with van der Waals surface area (Å²) in [6, 6.07) is 6.17. The van der Waals surface area contributed by atoms with E-state index in [2.05, 4.69) is 27.3 Å². The lowest BCUT2D eigenvalue weighted by atomic mass is 10.0. The predicted molar refractivity (Wildman–Crippen MR) is 73.1 cm³/mol. The van der Waals surface area contributed by atoms with Crippen LogP contribution in [0, 0.1) is 0 Å². The Labute approximate surface area is 116 Å². The predicted octanol–water partition coefficient (Wildman–Crippen LogP) is 2.13. The van der Waals surface area contributed by atoms with Crippen molar-refractivity contribution in [3.63, 3.8) is 0 Å². The van der Waals surface area contributed by atoms with Gasteiger partial charge in [-0.15, -0.1) is 0 Å². The van der Waals surface area contributed by atoms with Gasteiger partial charge in [-0.3, -0.25) is 0 Å². The molecule has 1 saturated heterocycles. The van der Waals surface area contributed by atoms with E-state index in [9.17, 15) is 0 Å². The topological polar surface area (TPSA) is 39.7 Å². The molecule has 1 aliphatic heterocycles. The lowest BCUT2D eigenvalue weighted by Crippen LogP contribution is -2.39. The maximum atomic E-state index is 5.75. The second kappa shape index (κ2) is 6.52. The number of likely N-dealkylation sites (N-methyl/N-ethyl adjacent to an activating group) is 1. The number of hydrogen-bond acceptors (Lipinski definition) is 4. The average Bonchev–Trinajstić information content (AvgIpc) is 2.41. The van der Waals surface area contributed by atoms with Gasteiger partial charge in [0.2, 0.25) is 0 Å². The molecule has 0 aliphatic carbocycles. The van der Waals surface area contributed by atoms with Crippen LogP contribution in [0.15, 0.2) is 22.7 Å². The van der Waals surface area contributed by atoms with Crippen molar-refractivity contribution < 1.29 is 14.2 Å². The summed E-state index contributed by atoms with van der Waals surface area (Å²) in [5.74, 6) is 0.828. The van der Waals surface area contributed by atoms with Crippen LogP contribution in [0.1, 0.15) is 11.6 Å². The molecule has 5 heteroatoms. The van der Waals surface area contributed by atoms with Crippen molar-refractivity contribution in [2.45, 2.75) is 12.1 Å². The van der Waals surface area contributed by atoms with E-state index in [0.717, 1.165) is 15.8 Å². The molecule has 1 aliphatic rings. The number of benzene rings is 1. The van der Waals surface area contributed by atoms with Crippen LogP contribution in [-0.2, 0) is 9.47 Å². The second-order valence-corrected chi connectivity index (χ2v) is 5.00. The van der Waals surface area contributed by atoms with E-state index in [-0.39, 0.29) is 12.1 Å². The Bertz CT molecular complexity index is 394. The van der Waals surface area contributed by atoms with E-state index >= 15 is 0 Å². The highest BCUT2D eigenvalue weighted by Crippen LogP contribution is 2.30. The van der Waals surface area contributed by atoms with Gasteiger partial charge in [0, 0.05) is 0 Å². The zero-order valence-corrected chi connectivity index (χ0v) is 12.2. The molecule has 1 aromatic carbocycles. The largest absolute Gasteiger partial charge is 0.496 e. The van der Waals surface area contributed by atoms with Crippen LogP contribution in [0.2, 0.25) is 0 Å². The smallest absolute Gasteiger partial charge is 0.133 e. The monoisotopic (exact) mass is 315 g/mol. The van der Waals surface area contributed by atoms with Crippen molar-refractivity contribution in [2.75, 3.05) is 34.0 Å². The van der Waals surface area contributed by atoms with Crippen molar-refractivity contribution in [2.24, 2.45) is 0 Å². The molecule has 0 amide bonds. The molecule has 0 spiro atoms. The van der Waals surface area contributed by atoms with Crippen molar-refractivity contribution in [1.82, 2.24) is 5.32 Å². The average molecular weight is 316 g/mol. The lowest BCUT2D eigenvalue weighted by Gasteiger charge is -2.30. The highest BCUT2D eigenvalue weighted by molar-refractivity contribution is 9.10. The van der Waals surface area contributed by atoms with Crippen LogP contribution in [0.5, 0.6) is 5.75 Å². The molecule has 1 heterocycles. The molecule has 2 atom stereocenters. The Kier molecular flexibility index (Phi) is 5.00. The molecule has 100 valence electrons. The van der Waals surface area contributed by atoms with E-state index in [1.54, 1.807) is 7.11 Å². The Hall–Kier alpha value is -0.620. The molecule has 0 aromatic heterocycles. The molecule has 18 heavy (non-hydrogen) atoms. The molecule has 2 rings (SSSR count). The summed E-state index contributed by atoms with van der Waals surface area (Å²) in [6.45, 7) is 1.95. The fraction of sp³-hybridized carbons (Fsp3) is 0.538. The van der Waals surface area contributed by atoms with Crippen LogP contribution in [-0.4, -0.2) is 40.1 Å². The molecule has 1 fully saturated rings. The number of methoxy groups -OCH3 is 1. The van der Waals surface area contributed by atoms with Crippen LogP contribution in [0.25, 0.3) is 0 Å². The lowest BCUT2D eigenvalue weighted by molar-refractivity contribution is -0.101. The number of ether oxygens (including phenoxy) is 3. The van der Waals surface area contributed by atoms with E-state index in [4.69, 9.17) is 14.2 Å². The van der Waals surface area contributed by atoms with Gasteiger partial charge in [0.05, 0.1) is 37.4 Å². The summed E-state index contributed by atoms with van der Waals surface area (Å²) in [6.07, 6.45) is 0.0454. The summed E-state index contributed by atoms with van der Waals surface area (Å²) in [4.78, 5) is 0. The van der Waals surface area contributed by atoms with E-state index in [1.165, 1.54) is 0 Å². The van der Waals surface area contributed by atoms with Crippen molar-refractivity contribution in [1.29, 1.82) is 0 Å². The summed E-state index contributed by atoms with van der Waals surface area (Å²) >= 11 is 3.50. The molecule has 1 aromatic rings. The summed E-state index contributed by atoms with van der Waals surface area (Å²) in [5.41, 5.74) is 1.15. The zero-order valence-electron chi connectivity index (χ0n) is 10.6. The van der Waals surface area contributed by atoms with Gasteiger partial charge in [0.15, 0.2) is 0 Å². The molecule has 0 saturated carbocycles. The molecular formula is C13H18BrNO3. The Morgan fingerprint density at radius 2 is 2.28 bits per heavy atom. The van der Waals surface area contributed by atoms with Gasteiger partial charge in [-0.2, -0.15) is 0 Å². The third kappa shape index (κ3) is 3.03. The maximum Gasteiger partial charge on any atom is 0.133 e. The minimum absolute atomic E-state index is 0.0454. The fourth-order valence-corrected chi connectivity index (χ4v) is 2.70. The van der Waals surface area contributed by atoms with Crippen molar-refractivity contribution in [3.05, 3.63) is 28.2 Å². The molecule has 4 nitrogen and oxygen atoms in total. The minimum Gasteiger partial charge on any atom is -0.496 e. The van der Waals surface area contributed by atoms with E-state index in [0.29, 0.717) is 19.8 Å². The number of rotatable bonds is 4. The Morgan fingerprint density at radius 1 is 1.44 bits per heavy atom. The first-order valence-corrected chi connectivity index (χ1v) is 6.75. The van der Waals surface area contributed by atoms with Crippen LogP contribution < -0.4 is 10.1 Å². The summed E-state index contributed by atoms with van der Waals surface area (Å²) in [5, 5.41) is 3.29. The second-order valence-electron chi connectivity index (χ2n) is 4.14. The van der Waals surface area contributed by atoms with Crippen LogP contribution >= 0.6 is 15.9 Å². The van der Waals surface area contributed by atoms with Crippen LogP contribution in [0.3, 0.4) is 0 Å². The normalized spacial score (nSPS) is 21.6. The Morgan fingerprint density at radius 3 is 2.83 bits per heavy atom. The minimum atomic E-state index is 0.0454. The van der Waals surface area contributed by atoms with Gasteiger partial charge in [0.1, 0.15) is 11.9 Å².